The van der Waals surface area contributed by atoms with Gasteiger partial charge in [0.05, 0.1) is 10.6 Å². The molecule has 2 aliphatic rings. The number of Topliss-reactive ketones (excluding diaryl/α,β-unsaturated/α-hetero) is 1. The number of carbonyl (C=O) groups is 1. The average Bonchev–Trinajstić information content (AvgIpc) is 2.86. The van der Waals surface area contributed by atoms with Gasteiger partial charge in [0.25, 0.3) is 0 Å². The fourth-order valence-electron chi connectivity index (χ4n) is 3.53. The first-order chi connectivity index (χ1) is 9.60. The van der Waals surface area contributed by atoms with Crippen molar-refractivity contribution in [3.63, 3.8) is 0 Å². The smallest absolute Gasteiger partial charge is 0.167 e. The van der Waals surface area contributed by atoms with Crippen LogP contribution in [0.15, 0.2) is 22.7 Å². The minimum absolute atomic E-state index is 0.0274. The van der Waals surface area contributed by atoms with Gasteiger partial charge in [0.2, 0.25) is 0 Å². The van der Waals surface area contributed by atoms with Crippen LogP contribution in [0, 0.1) is 5.92 Å². The molecule has 1 saturated carbocycles. The molecule has 108 valence electrons. The zero-order valence-corrected chi connectivity index (χ0v) is 13.7. The second-order valence-electron chi connectivity index (χ2n) is 5.92. The standard InChI is InChI=1S/C16H18BrClO2/c17-12-3-4-13(14(18)9-12)15(19)11-5-8-20-16(10-11)6-1-2-7-16/h3-4,9,11H,1-2,5-8,10H2. The third-order valence-corrected chi connectivity index (χ3v) is 5.38. The molecule has 1 aromatic carbocycles. The van der Waals surface area contributed by atoms with E-state index in [1.54, 1.807) is 6.07 Å². The summed E-state index contributed by atoms with van der Waals surface area (Å²) in [5.74, 6) is 0.234. The monoisotopic (exact) mass is 356 g/mol. The van der Waals surface area contributed by atoms with Crippen molar-refractivity contribution in [1.29, 1.82) is 0 Å². The summed E-state index contributed by atoms with van der Waals surface area (Å²) in [5, 5.41) is 0.538. The van der Waals surface area contributed by atoms with E-state index in [0.717, 1.165) is 30.2 Å². The molecule has 3 rings (SSSR count). The predicted molar refractivity (Wildman–Crippen MR) is 83.4 cm³/mol. The van der Waals surface area contributed by atoms with E-state index in [4.69, 9.17) is 16.3 Å². The van der Waals surface area contributed by atoms with E-state index in [9.17, 15) is 4.79 Å². The van der Waals surface area contributed by atoms with Crippen LogP contribution in [0.4, 0.5) is 0 Å². The molecule has 0 radical (unpaired) electrons. The van der Waals surface area contributed by atoms with Crippen molar-refractivity contribution < 1.29 is 9.53 Å². The third kappa shape index (κ3) is 2.81. The Labute approximate surface area is 133 Å². The second kappa shape index (κ2) is 5.78. The molecule has 1 spiro atoms. The lowest BCUT2D eigenvalue weighted by Crippen LogP contribution is -2.39. The number of hydrogen-bond donors (Lipinski definition) is 0. The van der Waals surface area contributed by atoms with E-state index in [2.05, 4.69) is 15.9 Å². The molecule has 20 heavy (non-hydrogen) atoms. The number of ether oxygens (including phenoxy) is 1. The van der Waals surface area contributed by atoms with Crippen molar-refractivity contribution in [3.8, 4) is 0 Å². The van der Waals surface area contributed by atoms with Gasteiger partial charge in [0, 0.05) is 22.6 Å². The quantitative estimate of drug-likeness (QED) is 0.694. The lowest BCUT2D eigenvalue weighted by atomic mass is 9.81. The molecule has 2 fully saturated rings. The van der Waals surface area contributed by atoms with Gasteiger partial charge in [0.1, 0.15) is 0 Å². The fourth-order valence-corrected chi connectivity index (χ4v) is 4.30. The summed E-state index contributed by atoms with van der Waals surface area (Å²) in [7, 11) is 0. The molecule has 1 atom stereocenters. The molecule has 1 saturated heterocycles. The highest BCUT2D eigenvalue weighted by Crippen LogP contribution is 2.43. The van der Waals surface area contributed by atoms with E-state index < -0.39 is 0 Å². The van der Waals surface area contributed by atoms with Crippen LogP contribution in [-0.2, 0) is 4.74 Å². The van der Waals surface area contributed by atoms with Gasteiger partial charge in [-0.1, -0.05) is 40.4 Å². The van der Waals surface area contributed by atoms with Crippen molar-refractivity contribution in [2.75, 3.05) is 6.61 Å². The van der Waals surface area contributed by atoms with Crippen LogP contribution >= 0.6 is 27.5 Å². The number of hydrogen-bond acceptors (Lipinski definition) is 2. The van der Waals surface area contributed by atoms with Crippen LogP contribution in [0.3, 0.4) is 0 Å². The van der Waals surface area contributed by atoms with Crippen molar-refractivity contribution in [2.45, 2.75) is 44.1 Å². The topological polar surface area (TPSA) is 26.3 Å². The van der Waals surface area contributed by atoms with Gasteiger partial charge in [-0.2, -0.15) is 0 Å². The predicted octanol–water partition coefficient (Wildman–Crippen LogP) is 5.02. The van der Waals surface area contributed by atoms with Gasteiger partial charge in [-0.25, -0.2) is 0 Å². The van der Waals surface area contributed by atoms with Crippen molar-refractivity contribution in [2.24, 2.45) is 5.92 Å². The number of carbonyl (C=O) groups excluding carboxylic acids is 1. The fraction of sp³-hybridized carbons (Fsp3) is 0.562. The third-order valence-electron chi connectivity index (χ3n) is 4.58. The van der Waals surface area contributed by atoms with Gasteiger partial charge in [-0.15, -0.1) is 0 Å². The highest BCUT2D eigenvalue weighted by molar-refractivity contribution is 9.10. The van der Waals surface area contributed by atoms with E-state index in [0.29, 0.717) is 17.2 Å². The summed E-state index contributed by atoms with van der Waals surface area (Å²) in [5.41, 5.74) is 0.621. The van der Waals surface area contributed by atoms with Crippen molar-refractivity contribution in [3.05, 3.63) is 33.3 Å². The normalized spacial score (nSPS) is 25.0. The first kappa shape index (κ1) is 14.6. The molecule has 1 aliphatic heterocycles. The maximum atomic E-state index is 12.7. The first-order valence-corrected chi connectivity index (χ1v) is 8.40. The Morgan fingerprint density at radius 1 is 1.35 bits per heavy atom. The zero-order valence-electron chi connectivity index (χ0n) is 11.3. The Morgan fingerprint density at radius 2 is 2.10 bits per heavy atom. The Hall–Kier alpha value is -0.380. The van der Waals surface area contributed by atoms with Crippen molar-refractivity contribution >= 4 is 33.3 Å². The molecule has 1 aliphatic carbocycles. The summed E-state index contributed by atoms with van der Waals surface area (Å²) in [6.07, 6.45) is 6.32. The molecule has 0 N–H and O–H groups in total. The van der Waals surface area contributed by atoms with Gasteiger partial charge >= 0.3 is 0 Å². The molecule has 0 bridgehead atoms. The van der Waals surface area contributed by atoms with Gasteiger partial charge in [0.15, 0.2) is 5.78 Å². The summed E-state index contributed by atoms with van der Waals surface area (Å²) < 4.78 is 6.90. The Morgan fingerprint density at radius 3 is 2.80 bits per heavy atom. The molecule has 0 amide bonds. The van der Waals surface area contributed by atoms with E-state index in [-0.39, 0.29) is 17.3 Å². The van der Waals surface area contributed by atoms with Gasteiger partial charge in [-0.05, 0) is 43.9 Å². The maximum absolute atomic E-state index is 12.7. The van der Waals surface area contributed by atoms with E-state index in [1.165, 1.54) is 12.8 Å². The molecular formula is C16H18BrClO2. The molecule has 1 aromatic rings. The highest BCUT2D eigenvalue weighted by Gasteiger charge is 2.42. The minimum Gasteiger partial charge on any atom is -0.375 e. The molecule has 2 nitrogen and oxygen atoms in total. The van der Waals surface area contributed by atoms with Gasteiger partial charge in [-0.3, -0.25) is 4.79 Å². The Bertz CT molecular complexity index is 523. The number of rotatable bonds is 2. The van der Waals surface area contributed by atoms with Crippen LogP contribution in [-0.4, -0.2) is 18.0 Å². The molecule has 0 aromatic heterocycles. The highest BCUT2D eigenvalue weighted by atomic mass is 79.9. The molecule has 4 heteroatoms. The second-order valence-corrected chi connectivity index (χ2v) is 7.24. The van der Waals surface area contributed by atoms with Crippen LogP contribution in [0.5, 0.6) is 0 Å². The maximum Gasteiger partial charge on any atom is 0.167 e. The zero-order chi connectivity index (χ0) is 14.2. The van der Waals surface area contributed by atoms with Gasteiger partial charge < -0.3 is 4.74 Å². The summed E-state index contributed by atoms with van der Waals surface area (Å²) in [6.45, 7) is 0.699. The first-order valence-electron chi connectivity index (χ1n) is 7.23. The molecule has 1 unspecified atom stereocenters. The Kier molecular flexibility index (Phi) is 4.21. The summed E-state index contributed by atoms with van der Waals surface area (Å²) in [6, 6.07) is 5.49. The van der Waals surface area contributed by atoms with E-state index in [1.807, 2.05) is 12.1 Å². The number of ketones is 1. The average molecular weight is 358 g/mol. The molecule has 1 heterocycles. The van der Waals surface area contributed by atoms with Crippen LogP contribution < -0.4 is 0 Å². The van der Waals surface area contributed by atoms with Crippen molar-refractivity contribution in [1.82, 2.24) is 0 Å². The minimum atomic E-state index is -0.0274. The lowest BCUT2D eigenvalue weighted by Gasteiger charge is -2.37. The lowest BCUT2D eigenvalue weighted by molar-refractivity contribution is -0.0866. The summed E-state index contributed by atoms with van der Waals surface area (Å²) >= 11 is 9.59. The van der Waals surface area contributed by atoms with E-state index >= 15 is 0 Å². The van der Waals surface area contributed by atoms with Crippen LogP contribution in [0.1, 0.15) is 48.9 Å². The number of benzene rings is 1. The Balaban J connectivity index is 1.79. The SMILES string of the molecule is O=C(c1ccc(Br)cc1Cl)C1CCOC2(CCCC2)C1. The largest absolute Gasteiger partial charge is 0.375 e. The number of halogens is 2. The molecular weight excluding hydrogens is 340 g/mol. The van der Waals surface area contributed by atoms with Crippen LogP contribution in [0.2, 0.25) is 5.02 Å². The van der Waals surface area contributed by atoms with Crippen LogP contribution in [0.25, 0.3) is 0 Å². The summed E-state index contributed by atoms with van der Waals surface area (Å²) in [4.78, 5) is 12.7.